The van der Waals surface area contributed by atoms with Gasteiger partial charge in [0.25, 0.3) is 5.69 Å². The van der Waals surface area contributed by atoms with E-state index >= 15 is 0 Å². The summed E-state index contributed by atoms with van der Waals surface area (Å²) < 4.78 is 1.19. The number of halogens is 1. The van der Waals surface area contributed by atoms with Gasteiger partial charge in [0.05, 0.1) is 4.92 Å². The van der Waals surface area contributed by atoms with Crippen LogP contribution < -0.4 is 0 Å². The summed E-state index contributed by atoms with van der Waals surface area (Å²) in [6, 6.07) is 14.6. The summed E-state index contributed by atoms with van der Waals surface area (Å²) in [7, 11) is 0. The summed E-state index contributed by atoms with van der Waals surface area (Å²) in [5, 5.41) is 10.5. The van der Waals surface area contributed by atoms with Gasteiger partial charge in [0.15, 0.2) is 0 Å². The highest BCUT2D eigenvalue weighted by molar-refractivity contribution is 14.1. The molecule has 0 aromatic heterocycles. The van der Waals surface area contributed by atoms with E-state index in [1.54, 1.807) is 12.1 Å². The zero-order valence-corrected chi connectivity index (χ0v) is 11.6. The van der Waals surface area contributed by atoms with E-state index in [1.165, 1.54) is 15.7 Å². The van der Waals surface area contributed by atoms with Crippen molar-refractivity contribution >= 4 is 40.4 Å². The molecule has 0 saturated carbocycles. The first-order valence-electron chi connectivity index (χ1n) is 5.33. The monoisotopic (exact) mass is 351 g/mol. The molecule has 0 N–H and O–H groups in total. The molecule has 0 heterocycles. The fraction of sp³-hybridized carbons (Fsp3) is 0. The van der Waals surface area contributed by atoms with Crippen LogP contribution in [0, 0.1) is 13.7 Å². The third-order valence-corrected chi connectivity index (χ3v) is 3.16. The highest BCUT2D eigenvalue weighted by Crippen LogP contribution is 2.15. The van der Waals surface area contributed by atoms with Gasteiger partial charge in [-0.3, -0.25) is 10.1 Å². The molecule has 2 aromatic carbocycles. The lowest BCUT2D eigenvalue weighted by Gasteiger charge is -1.95. The summed E-state index contributed by atoms with van der Waals surface area (Å²) in [5.41, 5.74) is 2.16. The van der Waals surface area contributed by atoms with E-state index in [0.29, 0.717) is 0 Å². The van der Waals surface area contributed by atoms with E-state index in [-0.39, 0.29) is 5.69 Å². The number of hydrogen-bond donors (Lipinski definition) is 0. The second-order valence-electron chi connectivity index (χ2n) is 3.73. The maximum Gasteiger partial charge on any atom is 0.269 e. The minimum atomic E-state index is -0.396. The van der Waals surface area contributed by atoms with Crippen LogP contribution in [0.1, 0.15) is 11.1 Å². The fourth-order valence-corrected chi connectivity index (χ4v) is 1.83. The molecule has 0 spiro atoms. The summed E-state index contributed by atoms with van der Waals surface area (Å²) in [6.45, 7) is 0. The summed E-state index contributed by atoms with van der Waals surface area (Å²) in [5.74, 6) is 0. The van der Waals surface area contributed by atoms with E-state index in [9.17, 15) is 10.1 Å². The molecule has 4 heteroatoms. The number of rotatable bonds is 3. The summed E-state index contributed by atoms with van der Waals surface area (Å²) >= 11 is 2.26. The standard InChI is InChI=1S/C14H10INO2/c15-13-7-3-11(4-8-13)1-2-12-5-9-14(10-6-12)16(17)18/h1-10H. The summed E-state index contributed by atoms with van der Waals surface area (Å²) in [4.78, 5) is 10.1. The molecule has 0 amide bonds. The normalized spacial score (nSPS) is 10.7. The minimum Gasteiger partial charge on any atom is -0.258 e. The number of nitro benzene ring substituents is 1. The van der Waals surface area contributed by atoms with E-state index in [1.807, 2.05) is 36.4 Å². The average molecular weight is 351 g/mol. The molecule has 0 aliphatic carbocycles. The molecule has 0 saturated heterocycles. The molecule has 0 bridgehead atoms. The molecule has 0 aliphatic rings. The molecule has 18 heavy (non-hydrogen) atoms. The Balaban J connectivity index is 2.13. The van der Waals surface area contributed by atoms with Crippen molar-refractivity contribution in [3.8, 4) is 0 Å². The van der Waals surface area contributed by atoms with Crippen molar-refractivity contribution in [2.45, 2.75) is 0 Å². The maximum absolute atomic E-state index is 10.5. The van der Waals surface area contributed by atoms with E-state index in [4.69, 9.17) is 0 Å². The van der Waals surface area contributed by atoms with Crippen LogP contribution in [0.25, 0.3) is 12.2 Å². The van der Waals surface area contributed by atoms with Crippen LogP contribution in [0.3, 0.4) is 0 Å². The van der Waals surface area contributed by atoms with Crippen molar-refractivity contribution in [3.63, 3.8) is 0 Å². The topological polar surface area (TPSA) is 43.1 Å². The van der Waals surface area contributed by atoms with Gasteiger partial charge in [0, 0.05) is 15.7 Å². The van der Waals surface area contributed by atoms with Gasteiger partial charge < -0.3 is 0 Å². The number of hydrogen-bond acceptors (Lipinski definition) is 2. The number of benzene rings is 2. The largest absolute Gasteiger partial charge is 0.269 e. The van der Waals surface area contributed by atoms with Gasteiger partial charge in [-0.1, -0.05) is 24.3 Å². The Hall–Kier alpha value is -1.69. The zero-order chi connectivity index (χ0) is 13.0. The first kappa shape index (κ1) is 12.8. The van der Waals surface area contributed by atoms with Gasteiger partial charge in [-0.05, 0) is 58.0 Å². The van der Waals surface area contributed by atoms with Gasteiger partial charge in [-0.25, -0.2) is 0 Å². The quantitative estimate of drug-likeness (QED) is 0.357. The molecule has 90 valence electrons. The molecule has 0 radical (unpaired) electrons. The SMILES string of the molecule is O=[N+]([O-])c1ccc(C=Cc2ccc(I)cc2)cc1. The molecule has 0 aliphatic heterocycles. The van der Waals surface area contributed by atoms with Crippen LogP contribution >= 0.6 is 22.6 Å². The van der Waals surface area contributed by atoms with Crippen LogP contribution in [-0.2, 0) is 0 Å². The Kier molecular flexibility index (Phi) is 4.09. The third kappa shape index (κ3) is 3.40. The van der Waals surface area contributed by atoms with Gasteiger partial charge in [-0.2, -0.15) is 0 Å². The van der Waals surface area contributed by atoms with Crippen LogP contribution in [-0.4, -0.2) is 4.92 Å². The number of nitro groups is 1. The Morgan fingerprint density at radius 2 is 1.33 bits per heavy atom. The molecule has 0 unspecified atom stereocenters. The molecule has 3 nitrogen and oxygen atoms in total. The Morgan fingerprint density at radius 1 is 0.889 bits per heavy atom. The van der Waals surface area contributed by atoms with Crippen LogP contribution in [0.2, 0.25) is 0 Å². The van der Waals surface area contributed by atoms with Crippen molar-refractivity contribution < 1.29 is 4.92 Å². The lowest BCUT2D eigenvalue weighted by Crippen LogP contribution is -1.86. The summed E-state index contributed by atoms with van der Waals surface area (Å²) in [6.07, 6.45) is 3.92. The molecule has 0 atom stereocenters. The van der Waals surface area contributed by atoms with Crippen molar-refractivity contribution in [1.82, 2.24) is 0 Å². The molecule has 2 rings (SSSR count). The highest BCUT2D eigenvalue weighted by atomic mass is 127. The Bertz CT molecular complexity index is 574. The molecular formula is C14H10INO2. The van der Waals surface area contributed by atoms with Gasteiger partial charge in [-0.15, -0.1) is 0 Å². The van der Waals surface area contributed by atoms with E-state index < -0.39 is 4.92 Å². The fourth-order valence-electron chi connectivity index (χ4n) is 1.47. The van der Waals surface area contributed by atoms with Crippen LogP contribution in [0.4, 0.5) is 5.69 Å². The second kappa shape index (κ2) is 5.77. The first-order valence-corrected chi connectivity index (χ1v) is 6.41. The van der Waals surface area contributed by atoms with E-state index in [2.05, 4.69) is 22.6 Å². The Labute approximate surface area is 118 Å². The molecule has 2 aromatic rings. The smallest absolute Gasteiger partial charge is 0.258 e. The van der Waals surface area contributed by atoms with Crippen molar-refractivity contribution in [3.05, 3.63) is 73.3 Å². The lowest BCUT2D eigenvalue weighted by atomic mass is 10.1. The number of nitrogens with zero attached hydrogens (tertiary/aromatic N) is 1. The van der Waals surface area contributed by atoms with Crippen molar-refractivity contribution in [1.29, 1.82) is 0 Å². The Morgan fingerprint density at radius 3 is 1.78 bits per heavy atom. The number of non-ortho nitro benzene ring substituents is 1. The maximum atomic E-state index is 10.5. The van der Waals surface area contributed by atoms with Crippen molar-refractivity contribution in [2.24, 2.45) is 0 Å². The van der Waals surface area contributed by atoms with Gasteiger partial charge in [0.1, 0.15) is 0 Å². The van der Waals surface area contributed by atoms with Gasteiger partial charge in [0.2, 0.25) is 0 Å². The predicted molar refractivity (Wildman–Crippen MR) is 81.2 cm³/mol. The average Bonchev–Trinajstić information content (AvgIpc) is 2.38. The third-order valence-electron chi connectivity index (χ3n) is 2.44. The highest BCUT2D eigenvalue weighted by Gasteiger charge is 2.01. The van der Waals surface area contributed by atoms with Gasteiger partial charge >= 0.3 is 0 Å². The predicted octanol–water partition coefficient (Wildman–Crippen LogP) is 4.37. The first-order chi connectivity index (χ1) is 8.65. The van der Waals surface area contributed by atoms with Crippen molar-refractivity contribution in [2.75, 3.05) is 0 Å². The minimum absolute atomic E-state index is 0.112. The second-order valence-corrected chi connectivity index (χ2v) is 4.98. The van der Waals surface area contributed by atoms with E-state index in [0.717, 1.165) is 11.1 Å². The zero-order valence-electron chi connectivity index (χ0n) is 9.42. The molecular weight excluding hydrogens is 341 g/mol. The van der Waals surface area contributed by atoms with Crippen LogP contribution in [0.5, 0.6) is 0 Å². The van der Waals surface area contributed by atoms with Crippen LogP contribution in [0.15, 0.2) is 48.5 Å². The lowest BCUT2D eigenvalue weighted by molar-refractivity contribution is -0.384. The molecule has 0 fully saturated rings.